The minimum atomic E-state index is 0.111. The molecule has 1 aromatic rings. The third-order valence-corrected chi connectivity index (χ3v) is 3.47. The molecule has 1 aliphatic carbocycles. The van der Waals surface area contributed by atoms with Crippen molar-refractivity contribution in [3.05, 3.63) is 35.4 Å². The van der Waals surface area contributed by atoms with Gasteiger partial charge in [-0.05, 0) is 36.8 Å². The largest absolute Gasteiger partial charge is 0.356 e. The predicted molar refractivity (Wildman–Crippen MR) is 68.6 cm³/mol. The van der Waals surface area contributed by atoms with Crippen LogP contribution in [0.5, 0.6) is 0 Å². The Morgan fingerprint density at radius 3 is 2.76 bits per heavy atom. The molecule has 1 aliphatic rings. The molecule has 3 heteroatoms. The quantitative estimate of drug-likeness (QED) is 0.824. The highest BCUT2D eigenvalue weighted by molar-refractivity contribution is 5.78. The zero-order valence-corrected chi connectivity index (χ0v) is 10.3. The van der Waals surface area contributed by atoms with Gasteiger partial charge in [-0.2, -0.15) is 0 Å². The van der Waals surface area contributed by atoms with Gasteiger partial charge in [0.1, 0.15) is 0 Å². The molecule has 1 fully saturated rings. The number of carbonyl (C=O) groups is 1. The number of hydrogen-bond acceptors (Lipinski definition) is 2. The summed E-state index contributed by atoms with van der Waals surface area (Å²) in [5.74, 6) is 0.700. The number of benzene rings is 1. The normalized spacial score (nSPS) is 22.9. The molecule has 17 heavy (non-hydrogen) atoms. The lowest BCUT2D eigenvalue weighted by Gasteiger charge is -2.32. The molecule has 2 rings (SSSR count). The molecule has 0 spiro atoms. The van der Waals surface area contributed by atoms with E-state index >= 15 is 0 Å². The molecule has 0 atom stereocenters. The highest BCUT2D eigenvalue weighted by Gasteiger charge is 2.25. The second kappa shape index (κ2) is 5.32. The molecule has 0 radical (unpaired) electrons. The van der Waals surface area contributed by atoms with Crippen LogP contribution >= 0.6 is 0 Å². The van der Waals surface area contributed by atoms with Crippen molar-refractivity contribution in [2.24, 2.45) is 11.7 Å². The van der Waals surface area contributed by atoms with Crippen LogP contribution in [0, 0.1) is 12.8 Å². The summed E-state index contributed by atoms with van der Waals surface area (Å²) in [5.41, 5.74) is 7.99. The van der Waals surface area contributed by atoms with E-state index in [1.54, 1.807) is 0 Å². The molecule has 1 saturated carbocycles. The summed E-state index contributed by atoms with van der Waals surface area (Å²) in [5, 5.41) is 2.99. The van der Waals surface area contributed by atoms with E-state index in [1.807, 2.05) is 31.2 Å². The first-order valence-corrected chi connectivity index (χ1v) is 6.22. The summed E-state index contributed by atoms with van der Waals surface area (Å²) in [7, 11) is 0. The fourth-order valence-corrected chi connectivity index (χ4v) is 2.26. The molecule has 0 heterocycles. The van der Waals surface area contributed by atoms with Crippen LogP contribution in [0.2, 0.25) is 0 Å². The van der Waals surface area contributed by atoms with E-state index in [-0.39, 0.29) is 5.91 Å². The van der Waals surface area contributed by atoms with E-state index in [4.69, 9.17) is 5.73 Å². The minimum Gasteiger partial charge on any atom is -0.356 e. The molecular formula is C14H20N2O. The van der Waals surface area contributed by atoms with Gasteiger partial charge in [0.2, 0.25) is 5.91 Å². The van der Waals surface area contributed by atoms with Gasteiger partial charge >= 0.3 is 0 Å². The Hall–Kier alpha value is -1.35. The second-order valence-electron chi connectivity index (χ2n) is 5.00. The van der Waals surface area contributed by atoms with Crippen molar-refractivity contribution in [3.63, 3.8) is 0 Å². The Kier molecular flexibility index (Phi) is 3.79. The Bertz CT molecular complexity index is 397. The standard InChI is InChI=1S/C14H20N2O/c1-10-4-2-3-5-12(10)8-14(17)16-9-11-6-13(15)7-11/h2-5,11,13H,6-9,15H2,1H3,(H,16,17). The number of nitrogens with two attached hydrogens (primary N) is 1. The van der Waals surface area contributed by atoms with Gasteiger partial charge in [-0.25, -0.2) is 0 Å². The fraction of sp³-hybridized carbons (Fsp3) is 0.500. The van der Waals surface area contributed by atoms with E-state index < -0.39 is 0 Å². The maximum absolute atomic E-state index is 11.7. The van der Waals surface area contributed by atoms with Crippen LogP contribution in [0.25, 0.3) is 0 Å². The van der Waals surface area contributed by atoms with Crippen molar-refractivity contribution in [2.75, 3.05) is 6.54 Å². The van der Waals surface area contributed by atoms with E-state index in [0.29, 0.717) is 18.4 Å². The van der Waals surface area contributed by atoms with Crippen LogP contribution < -0.4 is 11.1 Å². The summed E-state index contributed by atoms with van der Waals surface area (Å²) in [6, 6.07) is 8.36. The summed E-state index contributed by atoms with van der Waals surface area (Å²) in [4.78, 5) is 11.7. The molecular weight excluding hydrogens is 212 g/mol. The Balaban J connectivity index is 1.76. The molecule has 0 bridgehead atoms. The SMILES string of the molecule is Cc1ccccc1CC(=O)NCC1CC(N)C1. The topological polar surface area (TPSA) is 55.1 Å². The number of hydrogen-bond donors (Lipinski definition) is 2. The summed E-state index contributed by atoms with van der Waals surface area (Å²) >= 11 is 0. The first kappa shape index (κ1) is 12.1. The molecule has 0 aliphatic heterocycles. The number of nitrogens with one attached hydrogen (secondary N) is 1. The molecule has 0 saturated heterocycles. The van der Waals surface area contributed by atoms with Gasteiger partial charge in [0.05, 0.1) is 6.42 Å². The van der Waals surface area contributed by atoms with Crippen molar-refractivity contribution in [1.82, 2.24) is 5.32 Å². The van der Waals surface area contributed by atoms with Crippen molar-refractivity contribution >= 4 is 5.91 Å². The fourth-order valence-electron chi connectivity index (χ4n) is 2.26. The first-order chi connectivity index (χ1) is 8.15. The Morgan fingerprint density at radius 2 is 2.12 bits per heavy atom. The molecule has 1 aromatic carbocycles. The first-order valence-electron chi connectivity index (χ1n) is 6.22. The van der Waals surface area contributed by atoms with E-state index in [1.165, 1.54) is 5.56 Å². The van der Waals surface area contributed by atoms with Gasteiger partial charge in [-0.15, -0.1) is 0 Å². The lowest BCUT2D eigenvalue weighted by atomic mass is 9.81. The second-order valence-corrected chi connectivity index (χ2v) is 5.00. The van der Waals surface area contributed by atoms with Gasteiger partial charge in [0, 0.05) is 12.6 Å². The summed E-state index contributed by atoms with van der Waals surface area (Å²) in [6.07, 6.45) is 2.57. The monoisotopic (exact) mass is 232 g/mol. The van der Waals surface area contributed by atoms with Crippen LogP contribution in [0.4, 0.5) is 0 Å². The summed E-state index contributed by atoms with van der Waals surface area (Å²) < 4.78 is 0. The van der Waals surface area contributed by atoms with Gasteiger partial charge in [-0.1, -0.05) is 24.3 Å². The van der Waals surface area contributed by atoms with Crippen molar-refractivity contribution in [2.45, 2.75) is 32.2 Å². The average molecular weight is 232 g/mol. The van der Waals surface area contributed by atoms with Crippen LogP contribution in [-0.2, 0) is 11.2 Å². The predicted octanol–water partition coefficient (Wildman–Crippen LogP) is 1.39. The summed E-state index contributed by atoms with van der Waals surface area (Å²) in [6.45, 7) is 2.81. The Labute approximate surface area is 102 Å². The van der Waals surface area contributed by atoms with E-state index in [0.717, 1.165) is 24.9 Å². The van der Waals surface area contributed by atoms with Gasteiger partial charge < -0.3 is 11.1 Å². The van der Waals surface area contributed by atoms with Crippen molar-refractivity contribution in [1.29, 1.82) is 0 Å². The van der Waals surface area contributed by atoms with Crippen LogP contribution in [-0.4, -0.2) is 18.5 Å². The maximum Gasteiger partial charge on any atom is 0.224 e. The van der Waals surface area contributed by atoms with E-state index in [2.05, 4.69) is 5.32 Å². The van der Waals surface area contributed by atoms with Crippen molar-refractivity contribution in [3.8, 4) is 0 Å². The lowest BCUT2D eigenvalue weighted by molar-refractivity contribution is -0.120. The molecule has 92 valence electrons. The zero-order chi connectivity index (χ0) is 12.3. The highest BCUT2D eigenvalue weighted by atomic mass is 16.1. The number of amides is 1. The number of aryl methyl sites for hydroxylation is 1. The van der Waals surface area contributed by atoms with Crippen molar-refractivity contribution < 1.29 is 4.79 Å². The third-order valence-electron chi connectivity index (χ3n) is 3.47. The van der Waals surface area contributed by atoms with Gasteiger partial charge in [0.15, 0.2) is 0 Å². The highest BCUT2D eigenvalue weighted by Crippen LogP contribution is 2.24. The molecule has 3 nitrogen and oxygen atoms in total. The van der Waals surface area contributed by atoms with Gasteiger partial charge in [0.25, 0.3) is 0 Å². The maximum atomic E-state index is 11.7. The molecule has 0 unspecified atom stereocenters. The molecule has 0 aromatic heterocycles. The smallest absolute Gasteiger partial charge is 0.224 e. The number of carbonyl (C=O) groups excluding carboxylic acids is 1. The number of rotatable bonds is 4. The molecule has 3 N–H and O–H groups in total. The average Bonchev–Trinajstić information content (AvgIpc) is 2.26. The van der Waals surface area contributed by atoms with Crippen LogP contribution in [0.1, 0.15) is 24.0 Å². The zero-order valence-electron chi connectivity index (χ0n) is 10.3. The minimum absolute atomic E-state index is 0.111. The molecule has 1 amide bonds. The third kappa shape index (κ3) is 3.30. The van der Waals surface area contributed by atoms with E-state index in [9.17, 15) is 4.79 Å². The van der Waals surface area contributed by atoms with Crippen LogP contribution in [0.3, 0.4) is 0 Å². The van der Waals surface area contributed by atoms with Gasteiger partial charge in [-0.3, -0.25) is 4.79 Å². The van der Waals surface area contributed by atoms with Crippen LogP contribution in [0.15, 0.2) is 24.3 Å². The lowest BCUT2D eigenvalue weighted by Crippen LogP contribution is -2.42. The Morgan fingerprint density at radius 1 is 1.41 bits per heavy atom.